The fraction of sp³-hybridized carbons (Fsp3) is 0.444. The normalized spacial score (nSPS) is 19.1. The molecule has 3 rings (SSSR count). The predicted octanol–water partition coefficient (Wildman–Crippen LogP) is 2.01. The summed E-state index contributed by atoms with van der Waals surface area (Å²) >= 11 is 0. The zero-order chi connectivity index (χ0) is 17.1. The second kappa shape index (κ2) is 7.05. The molecule has 1 aromatic heterocycles. The zero-order valence-electron chi connectivity index (χ0n) is 13.7. The van der Waals surface area contributed by atoms with E-state index in [9.17, 15) is 14.7 Å². The summed E-state index contributed by atoms with van der Waals surface area (Å²) in [5.74, 6) is -1.46. The first-order valence-electron chi connectivity index (χ1n) is 8.21. The van der Waals surface area contributed by atoms with E-state index in [-0.39, 0.29) is 18.2 Å². The summed E-state index contributed by atoms with van der Waals surface area (Å²) in [5, 5.41) is 13.1. The first kappa shape index (κ1) is 16.5. The number of carbonyl (C=O) groups is 2. The quantitative estimate of drug-likeness (QED) is 0.782. The Morgan fingerprint density at radius 3 is 3.00 bits per heavy atom. The van der Waals surface area contributed by atoms with Crippen molar-refractivity contribution in [1.82, 2.24) is 10.3 Å². The Hall–Kier alpha value is -2.34. The van der Waals surface area contributed by atoms with Crippen molar-refractivity contribution < 1.29 is 19.4 Å². The Morgan fingerprint density at radius 2 is 2.29 bits per heavy atom. The van der Waals surface area contributed by atoms with E-state index >= 15 is 0 Å². The van der Waals surface area contributed by atoms with Crippen LogP contribution in [0.2, 0.25) is 0 Å². The Bertz CT molecular complexity index is 747. The van der Waals surface area contributed by atoms with Crippen molar-refractivity contribution in [1.29, 1.82) is 0 Å². The third-order valence-corrected chi connectivity index (χ3v) is 4.60. The molecule has 1 amide bonds. The monoisotopic (exact) mass is 330 g/mol. The van der Waals surface area contributed by atoms with Crippen LogP contribution in [0.5, 0.6) is 0 Å². The number of fused-ring (bicyclic) bond motifs is 1. The second-order valence-electron chi connectivity index (χ2n) is 6.35. The molecular formula is C18H22N2O4. The van der Waals surface area contributed by atoms with Gasteiger partial charge in [0.25, 0.3) is 0 Å². The smallest absolute Gasteiger partial charge is 0.326 e. The maximum absolute atomic E-state index is 12.4. The summed E-state index contributed by atoms with van der Waals surface area (Å²) in [5.41, 5.74) is 2.95. The van der Waals surface area contributed by atoms with Crippen LogP contribution in [0.4, 0.5) is 0 Å². The Kier molecular flexibility index (Phi) is 4.85. The molecule has 0 radical (unpaired) electrons. The molecule has 2 unspecified atom stereocenters. The zero-order valence-corrected chi connectivity index (χ0v) is 13.7. The van der Waals surface area contributed by atoms with Crippen molar-refractivity contribution in [2.24, 2.45) is 5.92 Å². The number of amides is 1. The maximum Gasteiger partial charge on any atom is 0.326 e. The average Bonchev–Trinajstić information content (AvgIpc) is 2.97. The topological polar surface area (TPSA) is 91.4 Å². The van der Waals surface area contributed by atoms with Crippen LogP contribution >= 0.6 is 0 Å². The second-order valence-corrected chi connectivity index (χ2v) is 6.35. The lowest BCUT2D eigenvalue weighted by molar-refractivity contribution is -0.145. The SMILES string of the molecule is Cc1cccc2[nH]cc(CC(=O)NC(C(=O)O)C3CCCOC3)c12. The van der Waals surface area contributed by atoms with E-state index in [0.29, 0.717) is 13.2 Å². The average molecular weight is 330 g/mol. The van der Waals surface area contributed by atoms with Crippen LogP contribution in [0.3, 0.4) is 0 Å². The minimum Gasteiger partial charge on any atom is -0.480 e. The van der Waals surface area contributed by atoms with Crippen molar-refractivity contribution in [3.63, 3.8) is 0 Å². The third-order valence-electron chi connectivity index (χ3n) is 4.60. The summed E-state index contributed by atoms with van der Waals surface area (Å²) in [6, 6.07) is 5.02. The highest BCUT2D eigenvalue weighted by Gasteiger charge is 2.31. The van der Waals surface area contributed by atoms with E-state index in [1.165, 1.54) is 0 Å². The molecule has 24 heavy (non-hydrogen) atoms. The number of carboxylic acid groups (broad SMARTS) is 1. The van der Waals surface area contributed by atoms with Crippen molar-refractivity contribution in [3.05, 3.63) is 35.5 Å². The van der Waals surface area contributed by atoms with Gasteiger partial charge in [0.15, 0.2) is 0 Å². The third kappa shape index (κ3) is 3.43. The number of carbonyl (C=O) groups excluding carboxylic acids is 1. The van der Waals surface area contributed by atoms with Crippen LogP contribution in [-0.2, 0) is 20.7 Å². The van der Waals surface area contributed by atoms with Gasteiger partial charge in [0, 0.05) is 29.6 Å². The van der Waals surface area contributed by atoms with Crippen LogP contribution in [0.25, 0.3) is 10.9 Å². The molecule has 0 bridgehead atoms. The van der Waals surface area contributed by atoms with Crippen LogP contribution < -0.4 is 5.32 Å². The van der Waals surface area contributed by atoms with Gasteiger partial charge in [-0.15, -0.1) is 0 Å². The van der Waals surface area contributed by atoms with E-state index in [4.69, 9.17) is 4.74 Å². The highest BCUT2D eigenvalue weighted by Crippen LogP contribution is 2.23. The first-order chi connectivity index (χ1) is 11.6. The van der Waals surface area contributed by atoms with Gasteiger partial charge in [-0.1, -0.05) is 12.1 Å². The number of rotatable bonds is 5. The number of aryl methyl sites for hydroxylation is 1. The van der Waals surface area contributed by atoms with Crippen molar-refractivity contribution in [3.8, 4) is 0 Å². The van der Waals surface area contributed by atoms with E-state index < -0.39 is 12.0 Å². The lowest BCUT2D eigenvalue weighted by Crippen LogP contribution is -2.48. The van der Waals surface area contributed by atoms with Gasteiger partial charge < -0.3 is 20.1 Å². The van der Waals surface area contributed by atoms with Gasteiger partial charge in [0.2, 0.25) is 5.91 Å². The molecular weight excluding hydrogens is 308 g/mol. The number of H-pyrrole nitrogens is 1. The number of hydrogen-bond acceptors (Lipinski definition) is 3. The Morgan fingerprint density at radius 1 is 1.46 bits per heavy atom. The summed E-state index contributed by atoms with van der Waals surface area (Å²) in [6.07, 6.45) is 3.55. The fourth-order valence-corrected chi connectivity index (χ4v) is 3.40. The van der Waals surface area contributed by atoms with Gasteiger partial charge in [0.1, 0.15) is 6.04 Å². The lowest BCUT2D eigenvalue weighted by Gasteiger charge is -2.28. The van der Waals surface area contributed by atoms with Gasteiger partial charge in [-0.3, -0.25) is 4.79 Å². The van der Waals surface area contributed by atoms with Crippen LogP contribution in [0.15, 0.2) is 24.4 Å². The summed E-state index contributed by atoms with van der Waals surface area (Å²) in [6.45, 7) is 3.03. The first-order valence-corrected chi connectivity index (χ1v) is 8.21. The molecule has 0 aliphatic carbocycles. The van der Waals surface area contributed by atoms with E-state index in [1.54, 1.807) is 0 Å². The number of carboxylic acids is 1. The molecule has 1 fully saturated rings. The molecule has 1 aliphatic heterocycles. The van der Waals surface area contributed by atoms with E-state index in [0.717, 1.165) is 34.9 Å². The standard InChI is InChI=1S/C18H22N2O4/c1-11-4-2-6-14-16(11)13(9-19-14)8-15(21)20-17(18(22)23)12-5-3-7-24-10-12/h2,4,6,9,12,17,19H,3,5,7-8,10H2,1H3,(H,20,21)(H,22,23). The lowest BCUT2D eigenvalue weighted by atomic mass is 9.93. The largest absolute Gasteiger partial charge is 0.480 e. The molecule has 1 aromatic carbocycles. The molecule has 128 valence electrons. The minimum atomic E-state index is -1.01. The van der Waals surface area contributed by atoms with Gasteiger partial charge in [0.05, 0.1) is 13.0 Å². The predicted molar refractivity (Wildman–Crippen MR) is 89.8 cm³/mol. The number of aromatic amines is 1. The van der Waals surface area contributed by atoms with Crippen LogP contribution in [0, 0.1) is 12.8 Å². The number of benzene rings is 1. The van der Waals surface area contributed by atoms with Gasteiger partial charge >= 0.3 is 5.97 Å². The number of aliphatic carboxylic acids is 1. The molecule has 2 aromatic rings. The molecule has 0 saturated carbocycles. The molecule has 2 heterocycles. The number of nitrogens with one attached hydrogen (secondary N) is 2. The summed E-state index contributed by atoms with van der Waals surface area (Å²) in [4.78, 5) is 27.1. The highest BCUT2D eigenvalue weighted by molar-refractivity contribution is 5.92. The minimum absolute atomic E-state index is 0.155. The summed E-state index contributed by atoms with van der Waals surface area (Å²) < 4.78 is 5.35. The van der Waals surface area contributed by atoms with Crippen molar-refractivity contribution >= 4 is 22.8 Å². The molecule has 6 nitrogen and oxygen atoms in total. The number of hydrogen-bond donors (Lipinski definition) is 3. The molecule has 6 heteroatoms. The molecule has 2 atom stereocenters. The van der Waals surface area contributed by atoms with Crippen molar-refractivity contribution in [2.45, 2.75) is 32.2 Å². The number of ether oxygens (including phenoxy) is 1. The molecule has 3 N–H and O–H groups in total. The number of aromatic nitrogens is 1. The molecule has 1 saturated heterocycles. The van der Waals surface area contributed by atoms with Crippen molar-refractivity contribution in [2.75, 3.05) is 13.2 Å². The fourth-order valence-electron chi connectivity index (χ4n) is 3.40. The van der Waals surface area contributed by atoms with Gasteiger partial charge in [-0.25, -0.2) is 4.79 Å². The Labute approximate surface area is 140 Å². The maximum atomic E-state index is 12.4. The van der Waals surface area contributed by atoms with Gasteiger partial charge in [-0.2, -0.15) is 0 Å². The van der Waals surface area contributed by atoms with Crippen LogP contribution in [-0.4, -0.2) is 41.2 Å². The summed E-state index contributed by atoms with van der Waals surface area (Å²) in [7, 11) is 0. The highest BCUT2D eigenvalue weighted by atomic mass is 16.5. The molecule has 1 aliphatic rings. The Balaban J connectivity index is 1.72. The van der Waals surface area contributed by atoms with Crippen LogP contribution in [0.1, 0.15) is 24.0 Å². The molecule has 0 spiro atoms. The van der Waals surface area contributed by atoms with E-state index in [1.807, 2.05) is 31.3 Å². The van der Waals surface area contributed by atoms with E-state index in [2.05, 4.69) is 10.3 Å². The van der Waals surface area contributed by atoms with Gasteiger partial charge in [-0.05, 0) is 37.0 Å².